The van der Waals surface area contributed by atoms with Gasteiger partial charge in [-0.25, -0.2) is 0 Å². The van der Waals surface area contributed by atoms with Crippen molar-refractivity contribution in [2.45, 2.75) is 0 Å². The maximum absolute atomic E-state index is 12.0. The van der Waals surface area contributed by atoms with Crippen LogP contribution in [0.5, 0.6) is 0 Å². The molecule has 0 fully saturated rings. The number of aromatic nitrogens is 2. The SMILES string of the molecule is CN(C(=O)c1cnns1)c1cc(Cl)ccc1N. The Morgan fingerprint density at radius 2 is 2.29 bits per heavy atom. The van der Waals surface area contributed by atoms with Crippen molar-refractivity contribution in [1.82, 2.24) is 9.59 Å². The highest BCUT2D eigenvalue weighted by Crippen LogP contribution is 2.27. The predicted molar refractivity (Wildman–Crippen MR) is 68.5 cm³/mol. The monoisotopic (exact) mass is 268 g/mol. The summed E-state index contributed by atoms with van der Waals surface area (Å²) in [4.78, 5) is 13.9. The number of hydrogen-bond acceptors (Lipinski definition) is 5. The number of hydrogen-bond donors (Lipinski definition) is 1. The maximum atomic E-state index is 12.0. The summed E-state index contributed by atoms with van der Waals surface area (Å²) in [6.07, 6.45) is 1.42. The lowest BCUT2D eigenvalue weighted by molar-refractivity contribution is 0.0997. The first-order valence-electron chi connectivity index (χ1n) is 4.70. The Balaban J connectivity index is 2.34. The first-order chi connectivity index (χ1) is 8.09. The molecule has 0 saturated carbocycles. The van der Waals surface area contributed by atoms with Crippen LogP contribution in [0.25, 0.3) is 0 Å². The minimum Gasteiger partial charge on any atom is -0.397 e. The van der Waals surface area contributed by atoms with Crippen LogP contribution in [0.2, 0.25) is 5.02 Å². The van der Waals surface area contributed by atoms with E-state index in [2.05, 4.69) is 9.59 Å². The van der Waals surface area contributed by atoms with Crippen molar-refractivity contribution in [3.05, 3.63) is 34.3 Å². The summed E-state index contributed by atoms with van der Waals surface area (Å²) >= 11 is 6.91. The zero-order valence-electron chi connectivity index (χ0n) is 8.92. The zero-order chi connectivity index (χ0) is 12.4. The van der Waals surface area contributed by atoms with Gasteiger partial charge < -0.3 is 10.6 Å². The molecular formula is C10H9ClN4OS. The summed E-state index contributed by atoms with van der Waals surface area (Å²) in [5.41, 5.74) is 6.86. The van der Waals surface area contributed by atoms with Crippen molar-refractivity contribution in [3.8, 4) is 0 Å². The average molecular weight is 269 g/mol. The molecule has 1 aromatic carbocycles. The van der Waals surface area contributed by atoms with Crippen LogP contribution in [0.15, 0.2) is 24.4 Å². The van der Waals surface area contributed by atoms with Gasteiger partial charge in [0, 0.05) is 12.1 Å². The van der Waals surface area contributed by atoms with Crippen LogP contribution in [0, 0.1) is 0 Å². The molecule has 5 nitrogen and oxygen atoms in total. The van der Waals surface area contributed by atoms with Gasteiger partial charge >= 0.3 is 0 Å². The van der Waals surface area contributed by atoms with E-state index in [9.17, 15) is 4.79 Å². The minimum atomic E-state index is -0.214. The number of anilines is 2. The van der Waals surface area contributed by atoms with E-state index in [1.807, 2.05) is 0 Å². The Labute approximate surface area is 107 Å². The largest absolute Gasteiger partial charge is 0.397 e. The fourth-order valence-electron chi connectivity index (χ4n) is 1.34. The molecule has 0 aliphatic rings. The van der Waals surface area contributed by atoms with Gasteiger partial charge in [-0.05, 0) is 29.7 Å². The van der Waals surface area contributed by atoms with E-state index < -0.39 is 0 Å². The summed E-state index contributed by atoms with van der Waals surface area (Å²) < 4.78 is 3.65. The van der Waals surface area contributed by atoms with E-state index in [1.54, 1.807) is 25.2 Å². The summed E-state index contributed by atoms with van der Waals surface area (Å²) in [7, 11) is 1.63. The third-order valence-corrected chi connectivity index (χ3v) is 3.12. The van der Waals surface area contributed by atoms with Gasteiger partial charge in [-0.3, -0.25) is 4.79 Å². The van der Waals surface area contributed by atoms with Gasteiger partial charge in [-0.1, -0.05) is 16.1 Å². The van der Waals surface area contributed by atoms with Crippen LogP contribution in [-0.2, 0) is 0 Å². The van der Waals surface area contributed by atoms with Gasteiger partial charge in [0.25, 0.3) is 5.91 Å². The summed E-state index contributed by atoms with van der Waals surface area (Å²) in [5, 5.41) is 4.15. The number of benzene rings is 1. The standard InChI is InChI=1S/C10H9ClN4OS/c1-15(10(16)9-5-13-14-17-9)8-4-6(11)2-3-7(8)12/h2-5H,12H2,1H3. The van der Waals surface area contributed by atoms with Gasteiger partial charge in [0.05, 0.1) is 17.6 Å². The molecule has 0 aliphatic carbocycles. The second-order valence-corrected chi connectivity index (χ2v) is 4.57. The lowest BCUT2D eigenvalue weighted by Gasteiger charge is -2.18. The average Bonchev–Trinajstić information content (AvgIpc) is 2.84. The Morgan fingerprint density at radius 1 is 1.53 bits per heavy atom. The molecule has 0 atom stereocenters. The topological polar surface area (TPSA) is 72.1 Å². The van der Waals surface area contributed by atoms with Gasteiger partial charge in [0.1, 0.15) is 4.88 Å². The van der Waals surface area contributed by atoms with E-state index >= 15 is 0 Å². The molecule has 2 N–H and O–H groups in total. The lowest BCUT2D eigenvalue weighted by Crippen LogP contribution is -2.26. The Hall–Kier alpha value is -1.66. The molecule has 1 aromatic heterocycles. The number of nitrogen functional groups attached to an aromatic ring is 1. The van der Waals surface area contributed by atoms with Crippen LogP contribution in [0.1, 0.15) is 9.67 Å². The molecule has 17 heavy (non-hydrogen) atoms. The molecule has 0 spiro atoms. The predicted octanol–water partition coefficient (Wildman–Crippen LogP) is 2.05. The number of halogens is 1. The molecule has 2 rings (SSSR count). The number of rotatable bonds is 2. The first kappa shape index (κ1) is 11.8. The highest BCUT2D eigenvalue weighted by molar-refractivity contribution is 7.07. The van der Waals surface area contributed by atoms with E-state index in [0.29, 0.717) is 21.3 Å². The normalized spacial score (nSPS) is 10.2. The molecule has 88 valence electrons. The molecule has 1 heterocycles. The van der Waals surface area contributed by atoms with Crippen molar-refractivity contribution >= 4 is 40.4 Å². The van der Waals surface area contributed by atoms with Gasteiger partial charge in [-0.15, -0.1) is 5.10 Å². The zero-order valence-corrected chi connectivity index (χ0v) is 10.5. The van der Waals surface area contributed by atoms with Crippen LogP contribution in [-0.4, -0.2) is 22.5 Å². The molecule has 0 saturated heterocycles. The van der Waals surface area contributed by atoms with Crippen molar-refractivity contribution < 1.29 is 4.79 Å². The lowest BCUT2D eigenvalue weighted by atomic mass is 10.2. The first-order valence-corrected chi connectivity index (χ1v) is 5.85. The Morgan fingerprint density at radius 3 is 2.94 bits per heavy atom. The van der Waals surface area contributed by atoms with Crippen LogP contribution in [0.4, 0.5) is 11.4 Å². The minimum absolute atomic E-state index is 0.214. The number of carbonyl (C=O) groups is 1. The summed E-state index contributed by atoms with van der Waals surface area (Å²) in [6.45, 7) is 0. The van der Waals surface area contributed by atoms with E-state index in [0.717, 1.165) is 11.5 Å². The van der Waals surface area contributed by atoms with Gasteiger partial charge in [0.15, 0.2) is 0 Å². The quantitative estimate of drug-likeness (QED) is 0.846. The molecule has 0 radical (unpaired) electrons. The van der Waals surface area contributed by atoms with Gasteiger partial charge in [-0.2, -0.15) is 0 Å². The second kappa shape index (κ2) is 4.68. The van der Waals surface area contributed by atoms with E-state index in [4.69, 9.17) is 17.3 Å². The fraction of sp³-hybridized carbons (Fsp3) is 0.100. The van der Waals surface area contributed by atoms with E-state index in [-0.39, 0.29) is 5.91 Å². The smallest absolute Gasteiger partial charge is 0.271 e. The summed E-state index contributed by atoms with van der Waals surface area (Å²) in [6, 6.07) is 4.97. The fourth-order valence-corrected chi connectivity index (χ4v) is 2.00. The van der Waals surface area contributed by atoms with Crippen molar-refractivity contribution in [2.24, 2.45) is 0 Å². The van der Waals surface area contributed by atoms with Crippen molar-refractivity contribution in [1.29, 1.82) is 0 Å². The number of nitrogens with zero attached hydrogens (tertiary/aromatic N) is 3. The third-order valence-electron chi connectivity index (χ3n) is 2.23. The number of carbonyl (C=O) groups excluding carboxylic acids is 1. The van der Waals surface area contributed by atoms with Crippen molar-refractivity contribution in [3.63, 3.8) is 0 Å². The molecule has 7 heteroatoms. The Kier molecular flexibility index (Phi) is 3.26. The summed E-state index contributed by atoms with van der Waals surface area (Å²) in [5.74, 6) is -0.214. The molecular weight excluding hydrogens is 260 g/mol. The third kappa shape index (κ3) is 2.37. The molecule has 2 aromatic rings. The highest BCUT2D eigenvalue weighted by Gasteiger charge is 2.17. The van der Waals surface area contributed by atoms with Crippen LogP contribution >= 0.6 is 23.1 Å². The van der Waals surface area contributed by atoms with Gasteiger partial charge in [0.2, 0.25) is 0 Å². The molecule has 0 bridgehead atoms. The number of nitrogens with two attached hydrogens (primary N) is 1. The Bertz CT molecular complexity index is 543. The van der Waals surface area contributed by atoms with Crippen molar-refractivity contribution in [2.75, 3.05) is 17.7 Å². The molecule has 0 aliphatic heterocycles. The van der Waals surface area contributed by atoms with E-state index in [1.165, 1.54) is 11.1 Å². The van der Waals surface area contributed by atoms with Crippen LogP contribution in [0.3, 0.4) is 0 Å². The highest BCUT2D eigenvalue weighted by atomic mass is 35.5. The number of amides is 1. The molecule has 1 amide bonds. The van der Waals surface area contributed by atoms with Crippen LogP contribution < -0.4 is 10.6 Å². The maximum Gasteiger partial charge on any atom is 0.271 e. The second-order valence-electron chi connectivity index (χ2n) is 3.35. The molecule has 0 unspecified atom stereocenters.